The van der Waals surface area contributed by atoms with Gasteiger partial charge in [0.2, 0.25) is 10.0 Å². The Bertz CT molecular complexity index is 362. The van der Waals surface area contributed by atoms with E-state index in [4.69, 9.17) is 18.0 Å². The van der Waals surface area contributed by atoms with E-state index in [1.54, 1.807) is 14.0 Å². The maximum absolute atomic E-state index is 12.2. The van der Waals surface area contributed by atoms with Gasteiger partial charge in [-0.15, -0.1) is 0 Å². The molecule has 6 heteroatoms. The second kappa shape index (κ2) is 6.11. The zero-order valence-corrected chi connectivity index (χ0v) is 12.2. The van der Waals surface area contributed by atoms with Gasteiger partial charge in [-0.2, -0.15) is 4.31 Å². The molecule has 0 saturated heterocycles. The van der Waals surface area contributed by atoms with Crippen LogP contribution in [0.2, 0.25) is 0 Å². The molecule has 1 aliphatic carbocycles. The van der Waals surface area contributed by atoms with Crippen LogP contribution < -0.4 is 5.73 Å². The van der Waals surface area contributed by atoms with Crippen molar-refractivity contribution in [2.45, 2.75) is 45.1 Å². The Morgan fingerprint density at radius 3 is 2.41 bits per heavy atom. The molecule has 0 bridgehead atoms. The monoisotopic (exact) mass is 278 g/mol. The summed E-state index contributed by atoms with van der Waals surface area (Å²) in [5, 5.41) is 0. The number of sulfonamides is 1. The van der Waals surface area contributed by atoms with Crippen molar-refractivity contribution in [3.05, 3.63) is 0 Å². The van der Waals surface area contributed by atoms with Gasteiger partial charge >= 0.3 is 0 Å². The van der Waals surface area contributed by atoms with E-state index in [1.807, 2.05) is 0 Å². The third kappa shape index (κ3) is 4.19. The average Bonchev–Trinajstić information content (AvgIpc) is 2.27. The summed E-state index contributed by atoms with van der Waals surface area (Å²) in [6.07, 6.45) is 5.57. The molecule has 1 rings (SSSR count). The van der Waals surface area contributed by atoms with Crippen molar-refractivity contribution >= 4 is 27.2 Å². The molecule has 0 aliphatic heterocycles. The molecule has 0 radical (unpaired) electrons. The van der Waals surface area contributed by atoms with Gasteiger partial charge in [0.05, 0.1) is 16.8 Å². The molecule has 0 aromatic rings. The summed E-state index contributed by atoms with van der Waals surface area (Å²) < 4.78 is 25.6. The number of hydrogen-bond donors (Lipinski definition) is 1. The van der Waals surface area contributed by atoms with Crippen LogP contribution in [0.5, 0.6) is 0 Å². The first-order valence-electron chi connectivity index (χ1n) is 6.09. The lowest BCUT2D eigenvalue weighted by Gasteiger charge is -2.27. The molecule has 1 atom stereocenters. The lowest BCUT2D eigenvalue weighted by molar-refractivity contribution is 0.373. The van der Waals surface area contributed by atoms with Gasteiger partial charge in [0.1, 0.15) is 0 Å². The zero-order valence-electron chi connectivity index (χ0n) is 10.6. The van der Waals surface area contributed by atoms with Gasteiger partial charge in [0.15, 0.2) is 0 Å². The van der Waals surface area contributed by atoms with E-state index in [0.29, 0.717) is 5.92 Å². The van der Waals surface area contributed by atoms with E-state index in [-0.39, 0.29) is 10.7 Å². The molecule has 0 amide bonds. The SMILES string of the molecule is CC(C(N)=S)N(C)S(=O)(=O)CC1CCCCC1. The number of nitrogens with two attached hydrogens (primary N) is 1. The fraction of sp³-hybridized carbons (Fsp3) is 0.909. The normalized spacial score (nSPS) is 20.4. The highest BCUT2D eigenvalue weighted by Gasteiger charge is 2.28. The highest BCUT2D eigenvalue weighted by atomic mass is 32.2. The van der Waals surface area contributed by atoms with Crippen LogP contribution in [0, 0.1) is 5.92 Å². The van der Waals surface area contributed by atoms with Gasteiger partial charge in [-0.1, -0.05) is 31.5 Å². The van der Waals surface area contributed by atoms with E-state index in [0.717, 1.165) is 25.7 Å². The Hall–Kier alpha value is -0.200. The maximum Gasteiger partial charge on any atom is 0.214 e. The van der Waals surface area contributed by atoms with Gasteiger partial charge in [-0.05, 0) is 25.7 Å². The first-order valence-corrected chi connectivity index (χ1v) is 8.11. The van der Waals surface area contributed by atoms with Gasteiger partial charge in [0.25, 0.3) is 0 Å². The smallest absolute Gasteiger partial charge is 0.214 e. The molecule has 0 aromatic carbocycles. The summed E-state index contributed by atoms with van der Waals surface area (Å²) in [5.74, 6) is 0.533. The van der Waals surface area contributed by atoms with Crippen molar-refractivity contribution in [3.8, 4) is 0 Å². The quantitative estimate of drug-likeness (QED) is 0.774. The topological polar surface area (TPSA) is 63.4 Å². The minimum Gasteiger partial charge on any atom is -0.392 e. The fourth-order valence-corrected chi connectivity index (χ4v) is 4.17. The summed E-state index contributed by atoms with van der Waals surface area (Å²) in [7, 11) is -1.68. The number of likely N-dealkylation sites (N-methyl/N-ethyl adjacent to an activating group) is 1. The molecule has 1 saturated carbocycles. The van der Waals surface area contributed by atoms with E-state index in [9.17, 15) is 8.42 Å². The molecule has 1 aliphatic rings. The van der Waals surface area contributed by atoms with Crippen LogP contribution in [0.15, 0.2) is 0 Å². The van der Waals surface area contributed by atoms with Crippen molar-refractivity contribution < 1.29 is 8.42 Å². The number of thiocarbonyl (C=S) groups is 1. The van der Waals surface area contributed by atoms with E-state index >= 15 is 0 Å². The second-order valence-electron chi connectivity index (χ2n) is 4.88. The maximum atomic E-state index is 12.2. The molecule has 4 nitrogen and oxygen atoms in total. The molecule has 100 valence electrons. The highest BCUT2D eigenvalue weighted by molar-refractivity contribution is 7.89. The van der Waals surface area contributed by atoms with Crippen molar-refractivity contribution in [2.24, 2.45) is 11.7 Å². The molecular weight excluding hydrogens is 256 g/mol. The van der Waals surface area contributed by atoms with E-state index in [1.165, 1.54) is 10.7 Å². The summed E-state index contributed by atoms with van der Waals surface area (Å²) >= 11 is 4.84. The van der Waals surface area contributed by atoms with Gasteiger partial charge in [-0.25, -0.2) is 8.42 Å². The van der Waals surface area contributed by atoms with Crippen LogP contribution in [0.3, 0.4) is 0 Å². The molecule has 17 heavy (non-hydrogen) atoms. The minimum atomic E-state index is -3.24. The minimum absolute atomic E-state index is 0.222. The third-order valence-electron chi connectivity index (χ3n) is 3.57. The Balaban J connectivity index is 2.63. The van der Waals surface area contributed by atoms with Crippen LogP contribution in [0.1, 0.15) is 39.0 Å². The largest absolute Gasteiger partial charge is 0.392 e. The molecule has 1 unspecified atom stereocenters. The lowest BCUT2D eigenvalue weighted by Crippen LogP contribution is -2.44. The van der Waals surface area contributed by atoms with Crippen LogP contribution >= 0.6 is 12.2 Å². The Labute approximate surface area is 110 Å². The van der Waals surface area contributed by atoms with Gasteiger partial charge < -0.3 is 5.73 Å². The molecular formula is C11H22N2O2S2. The summed E-state index contributed by atoms with van der Waals surface area (Å²) in [6.45, 7) is 1.72. The number of hydrogen-bond acceptors (Lipinski definition) is 3. The molecule has 0 aromatic heterocycles. The van der Waals surface area contributed by atoms with Crippen molar-refractivity contribution in [3.63, 3.8) is 0 Å². The number of nitrogens with zero attached hydrogens (tertiary/aromatic N) is 1. The molecule has 0 spiro atoms. The lowest BCUT2D eigenvalue weighted by atomic mass is 9.91. The third-order valence-corrected chi connectivity index (χ3v) is 5.99. The predicted molar refractivity (Wildman–Crippen MR) is 74.4 cm³/mol. The van der Waals surface area contributed by atoms with E-state index < -0.39 is 16.1 Å². The second-order valence-corrected chi connectivity index (χ2v) is 7.42. The number of rotatable bonds is 5. The van der Waals surface area contributed by atoms with Crippen molar-refractivity contribution in [2.75, 3.05) is 12.8 Å². The Morgan fingerprint density at radius 2 is 1.94 bits per heavy atom. The fourth-order valence-electron chi connectivity index (χ4n) is 2.19. The summed E-state index contributed by atoms with van der Waals surface area (Å²) in [6, 6.07) is -0.404. The summed E-state index contributed by atoms with van der Waals surface area (Å²) in [4.78, 5) is 0.222. The highest BCUT2D eigenvalue weighted by Crippen LogP contribution is 2.25. The van der Waals surface area contributed by atoms with Crippen molar-refractivity contribution in [1.29, 1.82) is 0 Å². The Morgan fingerprint density at radius 1 is 1.41 bits per heavy atom. The van der Waals surface area contributed by atoms with Gasteiger partial charge in [-0.3, -0.25) is 0 Å². The van der Waals surface area contributed by atoms with Crippen LogP contribution in [-0.2, 0) is 10.0 Å². The van der Waals surface area contributed by atoms with E-state index in [2.05, 4.69) is 0 Å². The predicted octanol–water partition coefficient (Wildman–Crippen LogP) is 1.50. The molecule has 0 heterocycles. The van der Waals surface area contributed by atoms with Crippen molar-refractivity contribution in [1.82, 2.24) is 4.31 Å². The first-order chi connectivity index (χ1) is 7.84. The van der Waals surface area contributed by atoms with Gasteiger partial charge in [0, 0.05) is 7.05 Å². The standard InChI is InChI=1S/C11H22N2O2S2/c1-9(11(12)16)13(2)17(14,15)8-10-6-4-3-5-7-10/h9-10H,3-8H2,1-2H3,(H2,12,16). The zero-order chi connectivity index (χ0) is 13.1. The molecule has 1 fully saturated rings. The van der Waals surface area contributed by atoms with Crippen LogP contribution in [-0.4, -0.2) is 36.6 Å². The van der Waals surface area contributed by atoms with Crippen LogP contribution in [0.4, 0.5) is 0 Å². The molecule has 2 N–H and O–H groups in total. The average molecular weight is 278 g/mol. The Kier molecular flexibility index (Phi) is 5.34. The first kappa shape index (κ1) is 14.9. The van der Waals surface area contributed by atoms with Crippen LogP contribution in [0.25, 0.3) is 0 Å². The summed E-state index contributed by atoms with van der Waals surface area (Å²) in [5.41, 5.74) is 5.49.